The molecule has 1 amide bonds. The van der Waals surface area contributed by atoms with Gasteiger partial charge < -0.3 is 0 Å². The SMILES string of the molecule is CC1=NN(c2ccccc2)C(=O)/C1=C/c1cccc(C(F)(F)F)c1. The summed E-state index contributed by atoms with van der Waals surface area (Å²) in [5, 5.41) is 5.44. The minimum Gasteiger partial charge on any atom is -0.267 e. The fraction of sp³-hybridized carbons (Fsp3) is 0.111. The molecule has 0 radical (unpaired) electrons. The quantitative estimate of drug-likeness (QED) is 0.746. The molecule has 1 heterocycles. The van der Waals surface area contributed by atoms with Crippen LogP contribution in [0.25, 0.3) is 6.08 Å². The number of carbonyl (C=O) groups is 1. The third kappa shape index (κ3) is 3.08. The van der Waals surface area contributed by atoms with Crippen molar-refractivity contribution in [2.24, 2.45) is 5.10 Å². The second-order valence-corrected chi connectivity index (χ2v) is 5.32. The average Bonchev–Trinajstić information content (AvgIpc) is 2.83. The van der Waals surface area contributed by atoms with Gasteiger partial charge in [0.2, 0.25) is 0 Å². The fourth-order valence-corrected chi connectivity index (χ4v) is 2.40. The highest BCUT2D eigenvalue weighted by Gasteiger charge is 2.31. The number of alkyl halides is 3. The van der Waals surface area contributed by atoms with Gasteiger partial charge in [-0.05, 0) is 42.8 Å². The van der Waals surface area contributed by atoms with Crippen molar-refractivity contribution in [3.63, 3.8) is 0 Å². The molecule has 3 nitrogen and oxygen atoms in total. The van der Waals surface area contributed by atoms with Crippen LogP contribution in [0.1, 0.15) is 18.1 Å². The van der Waals surface area contributed by atoms with E-state index in [1.54, 1.807) is 31.2 Å². The van der Waals surface area contributed by atoms with Crippen molar-refractivity contribution in [3.05, 3.63) is 71.3 Å². The van der Waals surface area contributed by atoms with E-state index in [9.17, 15) is 18.0 Å². The van der Waals surface area contributed by atoms with Crippen LogP contribution in [0.4, 0.5) is 18.9 Å². The Morgan fingerprint density at radius 3 is 2.42 bits per heavy atom. The molecule has 2 aromatic rings. The van der Waals surface area contributed by atoms with Crippen LogP contribution in [0.3, 0.4) is 0 Å². The summed E-state index contributed by atoms with van der Waals surface area (Å²) in [4.78, 5) is 12.5. The Labute approximate surface area is 136 Å². The fourth-order valence-electron chi connectivity index (χ4n) is 2.40. The highest BCUT2D eigenvalue weighted by molar-refractivity contribution is 6.32. The molecule has 6 heteroatoms. The lowest BCUT2D eigenvalue weighted by molar-refractivity contribution is -0.137. The predicted octanol–water partition coefficient (Wildman–Crippen LogP) is 4.51. The van der Waals surface area contributed by atoms with Crippen molar-refractivity contribution < 1.29 is 18.0 Å². The number of hydrazone groups is 1. The first-order valence-corrected chi connectivity index (χ1v) is 7.20. The average molecular weight is 330 g/mol. The zero-order valence-electron chi connectivity index (χ0n) is 12.7. The van der Waals surface area contributed by atoms with Gasteiger partial charge in [-0.1, -0.05) is 30.3 Å². The number of rotatable bonds is 2. The Morgan fingerprint density at radius 1 is 1.04 bits per heavy atom. The molecule has 122 valence electrons. The van der Waals surface area contributed by atoms with E-state index >= 15 is 0 Å². The van der Waals surface area contributed by atoms with Gasteiger partial charge in [-0.2, -0.15) is 23.3 Å². The van der Waals surface area contributed by atoms with Gasteiger partial charge in [-0.15, -0.1) is 0 Å². The highest BCUT2D eigenvalue weighted by atomic mass is 19.4. The number of amides is 1. The maximum absolute atomic E-state index is 12.8. The van der Waals surface area contributed by atoms with E-state index in [0.717, 1.165) is 12.1 Å². The first-order chi connectivity index (χ1) is 11.4. The summed E-state index contributed by atoms with van der Waals surface area (Å²) in [6.07, 6.45) is -2.99. The molecule has 0 saturated heterocycles. The Bertz CT molecular complexity index is 839. The molecule has 1 aliphatic rings. The number of anilines is 1. The van der Waals surface area contributed by atoms with Gasteiger partial charge in [0, 0.05) is 0 Å². The molecular weight excluding hydrogens is 317 g/mol. The number of carbonyl (C=O) groups excluding carboxylic acids is 1. The lowest BCUT2D eigenvalue weighted by atomic mass is 10.0. The number of nitrogens with zero attached hydrogens (tertiary/aromatic N) is 2. The van der Waals surface area contributed by atoms with E-state index in [4.69, 9.17) is 0 Å². The maximum Gasteiger partial charge on any atom is 0.416 e. The molecule has 1 aliphatic heterocycles. The topological polar surface area (TPSA) is 32.7 Å². The second kappa shape index (κ2) is 5.96. The van der Waals surface area contributed by atoms with Crippen LogP contribution in [0.15, 0.2) is 65.3 Å². The second-order valence-electron chi connectivity index (χ2n) is 5.32. The van der Waals surface area contributed by atoms with E-state index in [1.165, 1.54) is 23.2 Å². The normalized spacial score (nSPS) is 16.7. The van der Waals surface area contributed by atoms with Gasteiger partial charge in [-0.25, -0.2) is 0 Å². The molecule has 0 saturated carbocycles. The molecule has 0 unspecified atom stereocenters. The molecule has 0 fully saturated rings. The Morgan fingerprint density at radius 2 is 1.75 bits per heavy atom. The summed E-state index contributed by atoms with van der Waals surface area (Å²) in [6, 6.07) is 13.7. The molecule has 0 aliphatic carbocycles. The van der Waals surface area contributed by atoms with Gasteiger partial charge >= 0.3 is 6.18 Å². The zero-order valence-corrected chi connectivity index (χ0v) is 12.7. The van der Waals surface area contributed by atoms with E-state index in [0.29, 0.717) is 17.0 Å². The number of halogens is 3. The molecule has 0 N–H and O–H groups in total. The summed E-state index contributed by atoms with van der Waals surface area (Å²) in [7, 11) is 0. The highest BCUT2D eigenvalue weighted by Crippen LogP contribution is 2.30. The van der Waals surface area contributed by atoms with Crippen LogP contribution in [0, 0.1) is 0 Å². The van der Waals surface area contributed by atoms with Crippen molar-refractivity contribution in [3.8, 4) is 0 Å². The van der Waals surface area contributed by atoms with Gasteiger partial charge in [0.05, 0.1) is 22.5 Å². The number of hydrogen-bond acceptors (Lipinski definition) is 2. The van der Waals surface area contributed by atoms with Crippen molar-refractivity contribution in [1.82, 2.24) is 0 Å². The molecule has 3 rings (SSSR count). The summed E-state index contributed by atoms with van der Waals surface area (Å²) in [5.41, 5.74) is 0.892. The molecule has 0 atom stereocenters. The Balaban J connectivity index is 1.95. The van der Waals surface area contributed by atoms with Crippen LogP contribution >= 0.6 is 0 Å². The first kappa shape index (κ1) is 16.0. The number of benzene rings is 2. The monoisotopic (exact) mass is 330 g/mol. The zero-order chi connectivity index (χ0) is 17.3. The van der Waals surface area contributed by atoms with Crippen molar-refractivity contribution in [1.29, 1.82) is 0 Å². The van der Waals surface area contributed by atoms with E-state index in [2.05, 4.69) is 5.10 Å². The summed E-state index contributed by atoms with van der Waals surface area (Å²) in [5.74, 6) is -0.365. The lowest BCUT2D eigenvalue weighted by Gasteiger charge is -2.11. The lowest BCUT2D eigenvalue weighted by Crippen LogP contribution is -2.21. The predicted molar refractivity (Wildman–Crippen MR) is 86.5 cm³/mol. The molecular formula is C18H13F3N2O. The number of para-hydroxylation sites is 1. The molecule has 2 aromatic carbocycles. The largest absolute Gasteiger partial charge is 0.416 e. The maximum atomic E-state index is 12.8. The minimum absolute atomic E-state index is 0.276. The Hall–Kier alpha value is -2.89. The third-order valence-corrected chi connectivity index (χ3v) is 3.59. The Kier molecular flexibility index (Phi) is 3.97. The molecule has 0 bridgehead atoms. The smallest absolute Gasteiger partial charge is 0.267 e. The van der Waals surface area contributed by atoms with Crippen LogP contribution in [-0.4, -0.2) is 11.6 Å². The van der Waals surface area contributed by atoms with E-state index in [1.807, 2.05) is 6.07 Å². The third-order valence-electron chi connectivity index (χ3n) is 3.59. The standard InChI is InChI=1S/C18H13F3N2O/c1-12-16(11-13-6-5-7-14(10-13)18(19,20)21)17(24)23(22-12)15-8-3-2-4-9-15/h2-11H,1H3/b16-11+. The molecule has 24 heavy (non-hydrogen) atoms. The van der Waals surface area contributed by atoms with Crippen LogP contribution < -0.4 is 5.01 Å². The number of hydrogen-bond donors (Lipinski definition) is 0. The summed E-state index contributed by atoms with van der Waals surface area (Å²) >= 11 is 0. The van der Waals surface area contributed by atoms with Crippen LogP contribution in [0.2, 0.25) is 0 Å². The van der Waals surface area contributed by atoms with Gasteiger partial charge in [0.1, 0.15) is 0 Å². The van der Waals surface area contributed by atoms with E-state index < -0.39 is 11.7 Å². The van der Waals surface area contributed by atoms with Crippen molar-refractivity contribution >= 4 is 23.4 Å². The van der Waals surface area contributed by atoms with Crippen LogP contribution in [0.5, 0.6) is 0 Å². The van der Waals surface area contributed by atoms with Gasteiger partial charge in [-0.3, -0.25) is 4.79 Å². The van der Waals surface area contributed by atoms with Crippen LogP contribution in [-0.2, 0) is 11.0 Å². The van der Waals surface area contributed by atoms with Crippen molar-refractivity contribution in [2.75, 3.05) is 5.01 Å². The van der Waals surface area contributed by atoms with Crippen molar-refractivity contribution in [2.45, 2.75) is 13.1 Å². The van der Waals surface area contributed by atoms with Gasteiger partial charge in [0.15, 0.2) is 0 Å². The summed E-state index contributed by atoms with van der Waals surface area (Å²) in [6.45, 7) is 1.65. The minimum atomic E-state index is -4.42. The first-order valence-electron chi connectivity index (χ1n) is 7.20. The van der Waals surface area contributed by atoms with E-state index in [-0.39, 0.29) is 11.5 Å². The van der Waals surface area contributed by atoms with Gasteiger partial charge in [0.25, 0.3) is 5.91 Å². The molecule has 0 aromatic heterocycles. The summed E-state index contributed by atoms with van der Waals surface area (Å²) < 4.78 is 38.4. The molecule has 0 spiro atoms.